The third-order valence-electron chi connectivity index (χ3n) is 2.24. The van der Waals surface area contributed by atoms with Crippen molar-refractivity contribution in [2.45, 2.75) is 0 Å². The van der Waals surface area contributed by atoms with E-state index >= 15 is 0 Å². The molecule has 0 aliphatic rings. The molecule has 1 heterocycles. The Morgan fingerprint density at radius 1 is 0.941 bits per heavy atom. The number of hydrogen-bond donors (Lipinski definition) is 0. The lowest BCUT2D eigenvalue weighted by atomic mass is 10.3. The summed E-state index contributed by atoms with van der Waals surface area (Å²) in [6.07, 6.45) is 3.32. The quantitative estimate of drug-likeness (QED) is 0.811. The molecule has 0 fully saturated rings. The SMILES string of the molecule is COc1cccc(OC)c1Oc1cccnc1. The number of ether oxygens (including phenoxy) is 3. The summed E-state index contributed by atoms with van der Waals surface area (Å²) >= 11 is 0. The van der Waals surface area contributed by atoms with Crippen molar-refractivity contribution in [2.24, 2.45) is 0 Å². The first kappa shape index (κ1) is 11.3. The van der Waals surface area contributed by atoms with Gasteiger partial charge >= 0.3 is 0 Å². The number of rotatable bonds is 4. The highest BCUT2D eigenvalue weighted by molar-refractivity contribution is 5.52. The molecule has 4 nitrogen and oxygen atoms in total. The molecule has 0 spiro atoms. The van der Waals surface area contributed by atoms with Crippen molar-refractivity contribution < 1.29 is 14.2 Å². The Morgan fingerprint density at radius 3 is 2.18 bits per heavy atom. The van der Waals surface area contributed by atoms with E-state index in [1.54, 1.807) is 32.7 Å². The van der Waals surface area contributed by atoms with Gasteiger partial charge in [-0.15, -0.1) is 0 Å². The molecule has 1 aromatic heterocycles. The van der Waals surface area contributed by atoms with Crippen LogP contribution in [-0.4, -0.2) is 19.2 Å². The minimum absolute atomic E-state index is 0.547. The van der Waals surface area contributed by atoms with Gasteiger partial charge in [0.05, 0.1) is 20.4 Å². The second-order valence-corrected chi connectivity index (χ2v) is 3.28. The standard InChI is InChI=1S/C13H13NO3/c1-15-11-6-3-7-12(16-2)13(11)17-10-5-4-8-14-9-10/h3-9H,1-2H3. The van der Waals surface area contributed by atoms with E-state index < -0.39 is 0 Å². The van der Waals surface area contributed by atoms with Crippen LogP contribution in [0.1, 0.15) is 0 Å². The first-order valence-electron chi connectivity index (χ1n) is 5.14. The smallest absolute Gasteiger partial charge is 0.211 e. The molecule has 88 valence electrons. The van der Waals surface area contributed by atoms with Crippen LogP contribution >= 0.6 is 0 Å². The van der Waals surface area contributed by atoms with Gasteiger partial charge in [0.15, 0.2) is 11.5 Å². The van der Waals surface area contributed by atoms with Gasteiger partial charge in [0.2, 0.25) is 5.75 Å². The summed E-state index contributed by atoms with van der Waals surface area (Å²) in [5.41, 5.74) is 0. The largest absolute Gasteiger partial charge is 0.493 e. The van der Waals surface area contributed by atoms with Gasteiger partial charge in [0.1, 0.15) is 5.75 Å². The van der Waals surface area contributed by atoms with Gasteiger partial charge in [-0.3, -0.25) is 4.98 Å². The molecule has 0 radical (unpaired) electrons. The van der Waals surface area contributed by atoms with E-state index in [9.17, 15) is 0 Å². The lowest BCUT2D eigenvalue weighted by molar-refractivity contribution is 0.346. The number of para-hydroxylation sites is 1. The van der Waals surface area contributed by atoms with E-state index in [-0.39, 0.29) is 0 Å². The van der Waals surface area contributed by atoms with Gasteiger partial charge in [-0.2, -0.15) is 0 Å². The Bertz CT molecular complexity index is 463. The molecule has 0 aliphatic carbocycles. The third kappa shape index (κ3) is 2.47. The zero-order valence-corrected chi connectivity index (χ0v) is 9.71. The zero-order valence-electron chi connectivity index (χ0n) is 9.71. The molecular formula is C13H13NO3. The highest BCUT2D eigenvalue weighted by Gasteiger charge is 2.11. The fourth-order valence-electron chi connectivity index (χ4n) is 1.44. The molecule has 0 N–H and O–H groups in total. The van der Waals surface area contributed by atoms with Crippen molar-refractivity contribution in [1.29, 1.82) is 0 Å². The average molecular weight is 231 g/mol. The number of aromatic nitrogens is 1. The number of methoxy groups -OCH3 is 2. The number of benzene rings is 1. The summed E-state index contributed by atoms with van der Waals surface area (Å²) < 4.78 is 16.2. The molecule has 0 saturated carbocycles. The Hall–Kier alpha value is -2.23. The second-order valence-electron chi connectivity index (χ2n) is 3.28. The van der Waals surface area contributed by atoms with Gasteiger partial charge in [0, 0.05) is 6.20 Å². The lowest BCUT2D eigenvalue weighted by Crippen LogP contribution is -1.94. The zero-order chi connectivity index (χ0) is 12.1. The van der Waals surface area contributed by atoms with Crippen molar-refractivity contribution in [3.63, 3.8) is 0 Å². The summed E-state index contributed by atoms with van der Waals surface area (Å²) in [6.45, 7) is 0. The molecule has 0 amide bonds. The molecule has 0 atom stereocenters. The van der Waals surface area contributed by atoms with E-state index in [0.29, 0.717) is 23.0 Å². The van der Waals surface area contributed by atoms with Crippen molar-refractivity contribution >= 4 is 0 Å². The van der Waals surface area contributed by atoms with E-state index in [4.69, 9.17) is 14.2 Å². The van der Waals surface area contributed by atoms with Crippen LogP contribution in [0.4, 0.5) is 0 Å². The van der Waals surface area contributed by atoms with Gasteiger partial charge in [0.25, 0.3) is 0 Å². The van der Waals surface area contributed by atoms with Crippen LogP contribution < -0.4 is 14.2 Å². The summed E-state index contributed by atoms with van der Waals surface area (Å²) in [5, 5.41) is 0. The van der Waals surface area contributed by atoms with Crippen LogP contribution in [0.25, 0.3) is 0 Å². The van der Waals surface area contributed by atoms with Gasteiger partial charge in [-0.25, -0.2) is 0 Å². The maximum absolute atomic E-state index is 5.71. The van der Waals surface area contributed by atoms with E-state index in [1.807, 2.05) is 24.3 Å². The van der Waals surface area contributed by atoms with E-state index in [2.05, 4.69) is 4.98 Å². The van der Waals surface area contributed by atoms with Crippen molar-refractivity contribution in [1.82, 2.24) is 4.98 Å². The third-order valence-corrected chi connectivity index (χ3v) is 2.24. The topological polar surface area (TPSA) is 40.6 Å². The first-order valence-corrected chi connectivity index (χ1v) is 5.14. The second kappa shape index (κ2) is 5.21. The summed E-state index contributed by atoms with van der Waals surface area (Å²) in [7, 11) is 3.18. The van der Waals surface area contributed by atoms with E-state index in [1.165, 1.54) is 0 Å². The first-order chi connectivity index (χ1) is 8.35. The van der Waals surface area contributed by atoms with Crippen molar-refractivity contribution in [3.05, 3.63) is 42.7 Å². The minimum Gasteiger partial charge on any atom is -0.493 e. The molecule has 0 saturated heterocycles. The van der Waals surface area contributed by atoms with Crippen LogP contribution in [0, 0.1) is 0 Å². The van der Waals surface area contributed by atoms with Crippen LogP contribution in [-0.2, 0) is 0 Å². The van der Waals surface area contributed by atoms with Crippen LogP contribution in [0.5, 0.6) is 23.0 Å². The summed E-state index contributed by atoms with van der Waals surface area (Å²) in [4.78, 5) is 3.99. The summed E-state index contributed by atoms with van der Waals surface area (Å²) in [5.74, 6) is 2.42. The monoisotopic (exact) mass is 231 g/mol. The molecule has 0 unspecified atom stereocenters. The molecular weight excluding hydrogens is 218 g/mol. The highest BCUT2D eigenvalue weighted by atomic mass is 16.5. The van der Waals surface area contributed by atoms with E-state index in [0.717, 1.165) is 0 Å². The Balaban J connectivity index is 2.37. The van der Waals surface area contributed by atoms with Gasteiger partial charge in [-0.1, -0.05) is 6.07 Å². The number of hydrogen-bond acceptors (Lipinski definition) is 4. The molecule has 2 rings (SSSR count). The van der Waals surface area contributed by atoms with Crippen molar-refractivity contribution in [3.8, 4) is 23.0 Å². The van der Waals surface area contributed by atoms with Gasteiger partial charge in [-0.05, 0) is 24.3 Å². The highest BCUT2D eigenvalue weighted by Crippen LogP contribution is 2.39. The van der Waals surface area contributed by atoms with Crippen molar-refractivity contribution in [2.75, 3.05) is 14.2 Å². The molecule has 17 heavy (non-hydrogen) atoms. The lowest BCUT2D eigenvalue weighted by Gasteiger charge is -2.13. The molecule has 1 aromatic carbocycles. The Kier molecular flexibility index (Phi) is 3.45. The molecule has 0 bridgehead atoms. The van der Waals surface area contributed by atoms with Crippen LogP contribution in [0.3, 0.4) is 0 Å². The fourth-order valence-corrected chi connectivity index (χ4v) is 1.44. The Labute approximate surface area is 99.8 Å². The predicted octanol–water partition coefficient (Wildman–Crippen LogP) is 2.89. The number of pyridine rings is 1. The minimum atomic E-state index is 0.547. The maximum atomic E-state index is 5.71. The molecule has 4 heteroatoms. The predicted molar refractivity (Wildman–Crippen MR) is 63.9 cm³/mol. The molecule has 0 aliphatic heterocycles. The summed E-state index contributed by atoms with van der Waals surface area (Å²) in [6, 6.07) is 9.09. The fraction of sp³-hybridized carbons (Fsp3) is 0.154. The number of nitrogens with zero attached hydrogens (tertiary/aromatic N) is 1. The average Bonchev–Trinajstić information content (AvgIpc) is 2.40. The normalized spacial score (nSPS) is 9.76. The Morgan fingerprint density at radius 2 is 1.65 bits per heavy atom. The maximum Gasteiger partial charge on any atom is 0.211 e. The van der Waals surface area contributed by atoms with Crippen LogP contribution in [0.2, 0.25) is 0 Å². The van der Waals surface area contributed by atoms with Gasteiger partial charge < -0.3 is 14.2 Å². The molecule has 2 aromatic rings. The van der Waals surface area contributed by atoms with Crippen LogP contribution in [0.15, 0.2) is 42.7 Å².